The number of amides is 1. The molecular weight excluding hydrogens is 360 g/mol. The van der Waals surface area contributed by atoms with E-state index in [-0.39, 0.29) is 11.8 Å². The molecule has 4 heterocycles. The highest BCUT2D eigenvalue weighted by Crippen LogP contribution is 2.39. The SMILES string of the molecule is O=C(c1ccccn1)N1CCC[C@H](c2[nH]c3ccccc3c2-c2ccncc2)C1. The molecule has 1 saturated heterocycles. The molecule has 1 amide bonds. The van der Waals surface area contributed by atoms with Gasteiger partial charge in [-0.25, -0.2) is 0 Å². The Morgan fingerprint density at radius 3 is 2.66 bits per heavy atom. The third-order valence-corrected chi connectivity index (χ3v) is 5.70. The maximum atomic E-state index is 12.9. The normalized spacial score (nSPS) is 16.8. The van der Waals surface area contributed by atoms with Crippen molar-refractivity contribution in [2.75, 3.05) is 13.1 Å². The average molecular weight is 382 g/mol. The molecule has 3 aromatic heterocycles. The fourth-order valence-electron chi connectivity index (χ4n) is 4.35. The monoisotopic (exact) mass is 382 g/mol. The molecule has 0 spiro atoms. The van der Waals surface area contributed by atoms with E-state index in [4.69, 9.17) is 0 Å². The van der Waals surface area contributed by atoms with Crippen molar-refractivity contribution in [2.45, 2.75) is 18.8 Å². The molecule has 0 bridgehead atoms. The number of hydrogen-bond donors (Lipinski definition) is 1. The van der Waals surface area contributed by atoms with Crippen LogP contribution in [0, 0.1) is 0 Å². The molecule has 29 heavy (non-hydrogen) atoms. The second-order valence-corrected chi connectivity index (χ2v) is 7.50. The summed E-state index contributed by atoms with van der Waals surface area (Å²) in [5.74, 6) is 0.267. The number of hydrogen-bond acceptors (Lipinski definition) is 3. The summed E-state index contributed by atoms with van der Waals surface area (Å²) in [6.45, 7) is 1.47. The summed E-state index contributed by atoms with van der Waals surface area (Å²) in [6, 6.07) is 18.0. The molecule has 1 aromatic carbocycles. The van der Waals surface area contributed by atoms with Crippen LogP contribution in [-0.4, -0.2) is 38.8 Å². The summed E-state index contributed by atoms with van der Waals surface area (Å²) in [5.41, 5.74) is 5.22. The van der Waals surface area contributed by atoms with Crippen molar-refractivity contribution >= 4 is 16.8 Å². The smallest absolute Gasteiger partial charge is 0.272 e. The molecule has 0 radical (unpaired) electrons. The maximum absolute atomic E-state index is 12.9. The molecule has 1 aliphatic heterocycles. The lowest BCUT2D eigenvalue weighted by atomic mass is 9.89. The van der Waals surface area contributed by atoms with Gasteiger partial charge in [0.2, 0.25) is 0 Å². The summed E-state index contributed by atoms with van der Waals surface area (Å²) in [5, 5.41) is 1.21. The van der Waals surface area contributed by atoms with Crippen LogP contribution >= 0.6 is 0 Å². The number of para-hydroxylation sites is 1. The quantitative estimate of drug-likeness (QED) is 0.561. The molecule has 144 valence electrons. The first-order valence-electron chi connectivity index (χ1n) is 10.0. The molecule has 0 saturated carbocycles. The third-order valence-electron chi connectivity index (χ3n) is 5.70. The molecule has 4 aromatic rings. The number of carbonyl (C=O) groups excluding carboxylic acids is 1. The molecule has 1 fully saturated rings. The lowest BCUT2D eigenvalue weighted by Gasteiger charge is -2.32. The molecule has 1 N–H and O–H groups in total. The highest BCUT2D eigenvalue weighted by Gasteiger charge is 2.29. The van der Waals surface area contributed by atoms with Crippen molar-refractivity contribution < 1.29 is 4.79 Å². The fourth-order valence-corrected chi connectivity index (χ4v) is 4.35. The summed E-state index contributed by atoms with van der Waals surface area (Å²) in [7, 11) is 0. The lowest BCUT2D eigenvalue weighted by Crippen LogP contribution is -2.39. The van der Waals surface area contributed by atoms with Gasteiger partial charge in [-0.15, -0.1) is 0 Å². The minimum Gasteiger partial charge on any atom is -0.358 e. The Bertz CT molecular complexity index is 1140. The number of aromatic amines is 1. The van der Waals surface area contributed by atoms with Gasteiger partial charge in [0.15, 0.2) is 0 Å². The van der Waals surface area contributed by atoms with Crippen LogP contribution in [0.5, 0.6) is 0 Å². The van der Waals surface area contributed by atoms with Gasteiger partial charge in [-0.1, -0.05) is 24.3 Å². The van der Waals surface area contributed by atoms with Crippen LogP contribution in [0.15, 0.2) is 73.2 Å². The van der Waals surface area contributed by atoms with Gasteiger partial charge in [0, 0.05) is 59.8 Å². The van der Waals surface area contributed by atoms with E-state index in [9.17, 15) is 4.79 Å². The number of carbonyl (C=O) groups is 1. The van der Waals surface area contributed by atoms with Crippen LogP contribution < -0.4 is 0 Å². The van der Waals surface area contributed by atoms with Gasteiger partial charge < -0.3 is 9.88 Å². The zero-order chi connectivity index (χ0) is 19.6. The highest BCUT2D eigenvalue weighted by atomic mass is 16.2. The van der Waals surface area contributed by atoms with E-state index in [1.165, 1.54) is 16.6 Å². The lowest BCUT2D eigenvalue weighted by molar-refractivity contribution is 0.0700. The molecule has 1 atom stereocenters. The van der Waals surface area contributed by atoms with E-state index in [0.29, 0.717) is 12.2 Å². The number of fused-ring (bicyclic) bond motifs is 1. The van der Waals surface area contributed by atoms with Crippen LogP contribution in [0.1, 0.15) is 34.9 Å². The third kappa shape index (κ3) is 3.29. The molecule has 5 nitrogen and oxygen atoms in total. The first kappa shape index (κ1) is 17.6. The number of aromatic nitrogens is 3. The highest BCUT2D eigenvalue weighted by molar-refractivity contribution is 5.98. The Labute approximate surface area is 169 Å². The minimum absolute atomic E-state index is 0.0110. The molecule has 5 rings (SSSR count). The molecule has 0 unspecified atom stereocenters. The fraction of sp³-hybridized carbons (Fsp3) is 0.208. The van der Waals surface area contributed by atoms with Gasteiger partial charge >= 0.3 is 0 Å². The van der Waals surface area contributed by atoms with E-state index < -0.39 is 0 Å². The predicted molar refractivity (Wildman–Crippen MR) is 114 cm³/mol. The molecule has 1 aliphatic rings. The molecular formula is C24H22N4O. The number of benzene rings is 1. The Morgan fingerprint density at radius 2 is 1.83 bits per heavy atom. The zero-order valence-corrected chi connectivity index (χ0v) is 16.1. The van der Waals surface area contributed by atoms with E-state index in [1.807, 2.05) is 29.4 Å². The predicted octanol–water partition coefficient (Wildman–Crippen LogP) is 4.64. The number of rotatable bonds is 3. The van der Waals surface area contributed by atoms with Crippen molar-refractivity contribution in [2.24, 2.45) is 0 Å². The summed E-state index contributed by atoms with van der Waals surface area (Å²) < 4.78 is 0. The number of nitrogens with zero attached hydrogens (tertiary/aromatic N) is 3. The van der Waals surface area contributed by atoms with Crippen LogP contribution in [0.3, 0.4) is 0 Å². The van der Waals surface area contributed by atoms with E-state index in [0.717, 1.165) is 30.5 Å². The maximum Gasteiger partial charge on any atom is 0.272 e. The summed E-state index contributed by atoms with van der Waals surface area (Å²) in [4.78, 5) is 27.0. The average Bonchev–Trinajstić information content (AvgIpc) is 3.19. The first-order chi connectivity index (χ1) is 14.3. The number of nitrogens with one attached hydrogen (secondary N) is 1. The van der Waals surface area contributed by atoms with Crippen molar-refractivity contribution in [1.82, 2.24) is 19.9 Å². The van der Waals surface area contributed by atoms with Gasteiger partial charge in [-0.3, -0.25) is 14.8 Å². The standard InChI is InChI=1S/C24H22N4O/c29-24(21-9-3-4-12-26-21)28-15-5-6-18(16-28)23-22(17-10-13-25-14-11-17)19-7-1-2-8-20(19)27-23/h1-4,7-14,18,27H,5-6,15-16H2/t18-/m0/s1. The topological polar surface area (TPSA) is 61.9 Å². The Balaban J connectivity index is 1.53. The first-order valence-corrected chi connectivity index (χ1v) is 10.0. The van der Waals surface area contributed by atoms with Crippen molar-refractivity contribution in [1.29, 1.82) is 0 Å². The summed E-state index contributed by atoms with van der Waals surface area (Å²) >= 11 is 0. The van der Waals surface area contributed by atoms with Gasteiger partial charge in [0.05, 0.1) is 0 Å². The molecule has 5 heteroatoms. The van der Waals surface area contributed by atoms with E-state index in [1.54, 1.807) is 12.3 Å². The van der Waals surface area contributed by atoms with Crippen LogP contribution in [-0.2, 0) is 0 Å². The second kappa shape index (κ2) is 7.51. The summed E-state index contributed by atoms with van der Waals surface area (Å²) in [6.07, 6.45) is 7.37. The van der Waals surface area contributed by atoms with Crippen LogP contribution in [0.2, 0.25) is 0 Å². The second-order valence-electron chi connectivity index (χ2n) is 7.50. The van der Waals surface area contributed by atoms with Crippen molar-refractivity contribution in [3.8, 4) is 11.1 Å². The number of piperidine rings is 1. The Hall–Kier alpha value is -3.47. The molecule has 0 aliphatic carbocycles. The number of likely N-dealkylation sites (tertiary alicyclic amines) is 1. The minimum atomic E-state index is 0.0110. The Kier molecular flexibility index (Phi) is 4.56. The largest absolute Gasteiger partial charge is 0.358 e. The van der Waals surface area contributed by atoms with E-state index >= 15 is 0 Å². The Morgan fingerprint density at radius 1 is 1.00 bits per heavy atom. The van der Waals surface area contributed by atoms with Crippen molar-refractivity contribution in [3.05, 3.63) is 84.6 Å². The van der Waals surface area contributed by atoms with E-state index in [2.05, 4.69) is 51.4 Å². The van der Waals surface area contributed by atoms with Gasteiger partial charge in [0.25, 0.3) is 5.91 Å². The number of pyridine rings is 2. The zero-order valence-electron chi connectivity index (χ0n) is 16.1. The van der Waals surface area contributed by atoms with Gasteiger partial charge in [-0.2, -0.15) is 0 Å². The van der Waals surface area contributed by atoms with Crippen LogP contribution in [0.25, 0.3) is 22.0 Å². The van der Waals surface area contributed by atoms with Crippen LogP contribution in [0.4, 0.5) is 0 Å². The van der Waals surface area contributed by atoms with Gasteiger partial charge in [0.1, 0.15) is 5.69 Å². The van der Waals surface area contributed by atoms with Gasteiger partial charge in [-0.05, 0) is 48.7 Å². The van der Waals surface area contributed by atoms with Crippen molar-refractivity contribution in [3.63, 3.8) is 0 Å². The number of H-pyrrole nitrogens is 1.